The Labute approximate surface area is 118 Å². The molecule has 2 aromatic rings. The van der Waals surface area contributed by atoms with Gasteiger partial charge in [0.1, 0.15) is 0 Å². The molecule has 19 heavy (non-hydrogen) atoms. The second-order valence-corrected chi connectivity index (χ2v) is 5.90. The highest BCUT2D eigenvalue weighted by Crippen LogP contribution is 2.40. The molecule has 0 saturated carbocycles. The fraction of sp³-hybridized carbons (Fsp3) is 0.467. The van der Waals surface area contributed by atoms with Crippen LogP contribution in [0.15, 0.2) is 30.0 Å². The third kappa shape index (κ3) is 2.55. The number of nitrogens with one attached hydrogen (secondary N) is 1. The van der Waals surface area contributed by atoms with E-state index in [1.807, 2.05) is 17.9 Å². The van der Waals surface area contributed by atoms with Crippen molar-refractivity contribution >= 4 is 11.3 Å². The first kappa shape index (κ1) is 12.8. The van der Waals surface area contributed by atoms with Gasteiger partial charge in [0, 0.05) is 28.9 Å². The van der Waals surface area contributed by atoms with Gasteiger partial charge in [0.2, 0.25) is 0 Å². The maximum absolute atomic E-state index is 4.66. The summed E-state index contributed by atoms with van der Waals surface area (Å²) in [6.45, 7) is 3.14. The lowest BCUT2D eigenvalue weighted by atomic mass is 9.81. The van der Waals surface area contributed by atoms with Crippen molar-refractivity contribution in [3.05, 3.63) is 46.2 Å². The zero-order valence-electron chi connectivity index (χ0n) is 11.2. The van der Waals surface area contributed by atoms with Crippen LogP contribution in [0, 0.1) is 0 Å². The first-order chi connectivity index (χ1) is 9.40. The molecule has 1 N–H and O–H groups in total. The monoisotopic (exact) mass is 273 g/mol. The summed E-state index contributed by atoms with van der Waals surface area (Å²) >= 11 is 1.74. The first-order valence-corrected chi connectivity index (χ1v) is 7.83. The maximum atomic E-state index is 4.66. The highest BCUT2D eigenvalue weighted by Gasteiger charge is 2.30. The Morgan fingerprint density at radius 2 is 2.47 bits per heavy atom. The molecule has 0 radical (unpaired) electrons. The van der Waals surface area contributed by atoms with Gasteiger partial charge in [0.25, 0.3) is 0 Å². The van der Waals surface area contributed by atoms with Crippen molar-refractivity contribution in [3.63, 3.8) is 0 Å². The van der Waals surface area contributed by atoms with E-state index >= 15 is 0 Å². The van der Waals surface area contributed by atoms with Crippen LogP contribution in [0.4, 0.5) is 0 Å². The molecule has 0 saturated heterocycles. The zero-order valence-corrected chi connectivity index (χ0v) is 12.0. The fourth-order valence-corrected chi connectivity index (χ4v) is 3.77. The Hall–Kier alpha value is -1.26. The van der Waals surface area contributed by atoms with Crippen LogP contribution in [0.3, 0.4) is 0 Å². The molecule has 0 fully saturated rings. The van der Waals surface area contributed by atoms with Crippen molar-refractivity contribution in [1.29, 1.82) is 0 Å². The summed E-state index contributed by atoms with van der Waals surface area (Å²) < 4.78 is 0. The summed E-state index contributed by atoms with van der Waals surface area (Å²) in [7, 11) is 0. The van der Waals surface area contributed by atoms with Crippen molar-refractivity contribution in [2.24, 2.45) is 0 Å². The van der Waals surface area contributed by atoms with Gasteiger partial charge >= 0.3 is 0 Å². The molecule has 2 heterocycles. The Morgan fingerprint density at radius 1 is 1.53 bits per heavy atom. The highest BCUT2D eigenvalue weighted by atomic mass is 32.1. The Morgan fingerprint density at radius 3 is 3.26 bits per heavy atom. The predicted octanol–water partition coefficient (Wildman–Crippen LogP) is 3.31. The molecule has 2 atom stereocenters. The van der Waals surface area contributed by atoms with Crippen molar-refractivity contribution in [3.8, 4) is 0 Å². The number of fused-ring (bicyclic) bond motifs is 1. The van der Waals surface area contributed by atoms with Gasteiger partial charge < -0.3 is 5.32 Å². The third-order valence-electron chi connectivity index (χ3n) is 3.82. The lowest BCUT2D eigenvalue weighted by Gasteiger charge is -2.31. The minimum Gasteiger partial charge on any atom is -0.309 e. The van der Waals surface area contributed by atoms with Crippen LogP contribution in [0.1, 0.15) is 47.9 Å². The number of pyridine rings is 1. The van der Waals surface area contributed by atoms with E-state index in [9.17, 15) is 0 Å². The molecule has 1 aliphatic rings. The van der Waals surface area contributed by atoms with E-state index < -0.39 is 0 Å². The largest absolute Gasteiger partial charge is 0.309 e. The summed E-state index contributed by atoms with van der Waals surface area (Å²) in [5.74, 6) is 0.477. The molecule has 3 nitrogen and oxygen atoms in total. The number of aromatic nitrogens is 2. The van der Waals surface area contributed by atoms with E-state index in [2.05, 4.69) is 34.3 Å². The van der Waals surface area contributed by atoms with Gasteiger partial charge in [-0.05, 0) is 37.4 Å². The number of hydrogen-bond donors (Lipinski definition) is 1. The minimum atomic E-state index is 0.353. The average Bonchev–Trinajstić information content (AvgIpc) is 2.98. The summed E-state index contributed by atoms with van der Waals surface area (Å²) in [6.07, 6.45) is 7.55. The molecule has 0 aliphatic heterocycles. The van der Waals surface area contributed by atoms with Gasteiger partial charge in [-0.1, -0.05) is 13.0 Å². The lowest BCUT2D eigenvalue weighted by Crippen LogP contribution is -2.29. The highest BCUT2D eigenvalue weighted by molar-refractivity contribution is 7.09. The maximum Gasteiger partial charge on any atom is 0.0794 e. The summed E-state index contributed by atoms with van der Waals surface area (Å²) in [5.41, 5.74) is 4.63. The van der Waals surface area contributed by atoms with Gasteiger partial charge in [-0.25, -0.2) is 0 Å². The standard InChI is InChI=1S/C15H19N3S/c1-2-17-15(13-9-16-10-19-13)12-7-3-5-11-6-4-8-18-14(11)12/h4,6,8-10,12,15,17H,2-3,5,7H2,1H3. The van der Waals surface area contributed by atoms with Gasteiger partial charge in [-0.2, -0.15) is 0 Å². The van der Waals surface area contributed by atoms with Crippen LogP contribution in [0.2, 0.25) is 0 Å². The molecule has 1 aliphatic carbocycles. The SMILES string of the molecule is CCNC(c1cncs1)C1CCCc2cccnc21. The van der Waals surface area contributed by atoms with E-state index in [-0.39, 0.29) is 0 Å². The lowest BCUT2D eigenvalue weighted by molar-refractivity contribution is 0.405. The Kier molecular flexibility index (Phi) is 3.89. The summed E-state index contributed by atoms with van der Waals surface area (Å²) in [4.78, 5) is 10.2. The van der Waals surface area contributed by atoms with E-state index in [0.717, 1.165) is 6.54 Å². The van der Waals surface area contributed by atoms with Gasteiger partial charge in [0.15, 0.2) is 0 Å². The van der Waals surface area contributed by atoms with Crippen LogP contribution in [-0.2, 0) is 6.42 Å². The number of thiazole rings is 1. The molecule has 4 heteroatoms. The molecule has 0 spiro atoms. The van der Waals surface area contributed by atoms with Crippen molar-refractivity contribution in [2.75, 3.05) is 6.54 Å². The fourth-order valence-electron chi connectivity index (χ4n) is 3.01. The van der Waals surface area contributed by atoms with Gasteiger partial charge in [0.05, 0.1) is 11.6 Å². The van der Waals surface area contributed by atoms with E-state index in [4.69, 9.17) is 0 Å². The molecule has 2 unspecified atom stereocenters. The Balaban J connectivity index is 1.96. The number of aryl methyl sites for hydroxylation is 1. The van der Waals surface area contributed by atoms with Crippen LogP contribution in [0.5, 0.6) is 0 Å². The molecule has 0 bridgehead atoms. The number of rotatable bonds is 4. The molecule has 3 rings (SSSR count). The second kappa shape index (κ2) is 5.80. The number of hydrogen-bond acceptors (Lipinski definition) is 4. The van der Waals surface area contributed by atoms with Crippen molar-refractivity contribution in [1.82, 2.24) is 15.3 Å². The molecule has 100 valence electrons. The smallest absolute Gasteiger partial charge is 0.0794 e. The van der Waals surface area contributed by atoms with Crippen LogP contribution in [-0.4, -0.2) is 16.5 Å². The molecule has 2 aromatic heterocycles. The minimum absolute atomic E-state index is 0.353. The number of likely N-dealkylation sites (N-methyl/N-ethyl adjacent to an activating group) is 1. The van der Waals surface area contributed by atoms with Crippen LogP contribution >= 0.6 is 11.3 Å². The average molecular weight is 273 g/mol. The summed E-state index contributed by atoms with van der Waals surface area (Å²) in [6, 6.07) is 4.63. The van der Waals surface area contributed by atoms with Gasteiger partial charge in [-0.3, -0.25) is 9.97 Å². The second-order valence-electron chi connectivity index (χ2n) is 4.99. The van der Waals surface area contributed by atoms with Crippen molar-refractivity contribution in [2.45, 2.75) is 38.1 Å². The molecular formula is C15H19N3S. The van der Waals surface area contributed by atoms with Crippen LogP contribution < -0.4 is 5.32 Å². The third-order valence-corrected chi connectivity index (χ3v) is 4.68. The van der Waals surface area contributed by atoms with E-state index in [1.165, 1.54) is 35.4 Å². The molecule has 0 aromatic carbocycles. The van der Waals surface area contributed by atoms with Crippen LogP contribution in [0.25, 0.3) is 0 Å². The number of nitrogens with zero attached hydrogens (tertiary/aromatic N) is 2. The van der Waals surface area contributed by atoms with E-state index in [1.54, 1.807) is 11.3 Å². The first-order valence-electron chi connectivity index (χ1n) is 6.95. The Bertz CT molecular complexity index is 524. The quantitative estimate of drug-likeness (QED) is 0.928. The van der Waals surface area contributed by atoms with Crippen molar-refractivity contribution < 1.29 is 0 Å². The van der Waals surface area contributed by atoms with E-state index in [0.29, 0.717) is 12.0 Å². The zero-order chi connectivity index (χ0) is 13.1. The summed E-state index contributed by atoms with van der Waals surface area (Å²) in [5, 5.41) is 3.63. The predicted molar refractivity (Wildman–Crippen MR) is 78.4 cm³/mol. The topological polar surface area (TPSA) is 37.8 Å². The molecular weight excluding hydrogens is 254 g/mol. The normalized spacial score (nSPS) is 19.9. The van der Waals surface area contributed by atoms with Gasteiger partial charge in [-0.15, -0.1) is 11.3 Å². The molecule has 0 amide bonds.